The van der Waals surface area contributed by atoms with Gasteiger partial charge in [-0.25, -0.2) is 0 Å². The van der Waals surface area contributed by atoms with E-state index in [4.69, 9.17) is 38.5 Å². The summed E-state index contributed by atoms with van der Waals surface area (Å²) in [5, 5.41) is 0. The van der Waals surface area contributed by atoms with Crippen LogP contribution in [0.4, 0.5) is 0 Å². The number of hydrogen-bond donors (Lipinski definition) is 0. The summed E-state index contributed by atoms with van der Waals surface area (Å²) in [5.41, 5.74) is 0. The molecule has 0 bridgehead atoms. The van der Waals surface area contributed by atoms with E-state index in [-0.39, 0.29) is 12.9 Å². The number of rotatable bonds is 17. The van der Waals surface area contributed by atoms with Crippen LogP contribution < -0.4 is 29.4 Å². The van der Waals surface area contributed by atoms with Crippen LogP contribution in [0.25, 0.3) is 0 Å². The molecule has 0 aromatic carbocycles. The van der Waals surface area contributed by atoms with Gasteiger partial charge in [0, 0.05) is 0 Å². The zero-order valence-corrected chi connectivity index (χ0v) is 21.2. The highest BCUT2D eigenvalue weighted by Crippen LogP contribution is 2.14. The molecule has 0 saturated carbocycles. The molecule has 0 rings (SSSR count). The van der Waals surface area contributed by atoms with Crippen LogP contribution in [-0.4, -0.2) is 5.48 Å². The third-order valence-electron chi connectivity index (χ3n) is 4.46. The number of unbranched alkanes of at least 4 members (excludes halogenated alkanes) is 17. The standard InChI is InChI=1S/C20H42.CH4.2H3O4P.H2O/c1-3-5-7-9-11-13-15-17-19-20-18-16-14-12-10-8-6-4-2;;2*1-5(2,3)4;/h3-20H2,1-2H3;1H4;2*(H3,1,2,3,4);1H2/p-6. The van der Waals surface area contributed by atoms with Gasteiger partial charge < -0.3 is 44.0 Å². The molecule has 0 saturated heterocycles. The van der Waals surface area contributed by atoms with E-state index in [9.17, 15) is 0 Å². The van der Waals surface area contributed by atoms with Gasteiger partial charge >= 0.3 is 0 Å². The molecule has 11 heteroatoms. The van der Waals surface area contributed by atoms with Gasteiger partial charge in [-0.15, -0.1) is 0 Å². The van der Waals surface area contributed by atoms with Crippen molar-refractivity contribution in [3.05, 3.63) is 0 Å². The van der Waals surface area contributed by atoms with Crippen molar-refractivity contribution in [2.45, 2.75) is 137 Å². The Bertz CT molecular complexity index is 358. The van der Waals surface area contributed by atoms with Gasteiger partial charge in [0.05, 0.1) is 0 Å². The van der Waals surface area contributed by atoms with Crippen molar-refractivity contribution in [1.82, 2.24) is 0 Å². The normalized spacial score (nSPS) is 10.6. The first kappa shape index (κ1) is 42.3. The Kier molecular flexibility index (Phi) is 41.3. The van der Waals surface area contributed by atoms with Crippen molar-refractivity contribution in [2.75, 3.05) is 0 Å². The molecule has 0 heterocycles. The first-order valence-electron chi connectivity index (χ1n) is 11.4. The van der Waals surface area contributed by atoms with Gasteiger partial charge in [0.25, 0.3) is 0 Å². The number of phosphoric acid groups is 2. The van der Waals surface area contributed by atoms with Crippen LogP contribution in [0.15, 0.2) is 0 Å². The van der Waals surface area contributed by atoms with Gasteiger partial charge in [0.2, 0.25) is 0 Å². The maximum atomic E-state index is 8.55. The molecule has 0 aromatic rings. The first-order chi connectivity index (χ1) is 13.9. The van der Waals surface area contributed by atoms with E-state index in [2.05, 4.69) is 13.8 Å². The predicted octanol–water partition coefficient (Wildman–Crippen LogP) is 2.21. The van der Waals surface area contributed by atoms with Crippen molar-refractivity contribution in [1.29, 1.82) is 0 Å². The molecule has 0 aliphatic rings. The third kappa shape index (κ3) is 87.1. The zero-order valence-electron chi connectivity index (χ0n) is 19.4. The van der Waals surface area contributed by atoms with Crippen LogP contribution in [0.2, 0.25) is 0 Å². The molecule has 2 N–H and O–H groups in total. The molecule has 9 nitrogen and oxygen atoms in total. The first-order valence-corrected chi connectivity index (χ1v) is 14.3. The molecule has 0 unspecified atom stereocenters. The Morgan fingerprint density at radius 2 is 0.500 bits per heavy atom. The van der Waals surface area contributed by atoms with Crippen molar-refractivity contribution >= 4 is 15.6 Å². The Hall–Kier alpha value is 0.180. The molecule has 0 radical (unpaired) electrons. The summed E-state index contributed by atoms with van der Waals surface area (Å²) in [5.74, 6) is 0. The van der Waals surface area contributed by atoms with Crippen LogP contribution in [0, 0.1) is 0 Å². The summed E-state index contributed by atoms with van der Waals surface area (Å²) in [6.45, 7) is 4.59. The summed E-state index contributed by atoms with van der Waals surface area (Å²) >= 11 is 0. The van der Waals surface area contributed by atoms with E-state index in [1.165, 1.54) is 116 Å². The van der Waals surface area contributed by atoms with Crippen LogP contribution in [-0.2, 0) is 9.13 Å². The summed E-state index contributed by atoms with van der Waals surface area (Å²) in [7, 11) is -10.8. The second-order valence-corrected chi connectivity index (χ2v) is 9.34. The van der Waals surface area contributed by atoms with Crippen LogP contribution in [0.5, 0.6) is 0 Å². The summed E-state index contributed by atoms with van der Waals surface area (Å²) < 4.78 is 17.1. The Balaban J connectivity index is -0.000000169. The van der Waals surface area contributed by atoms with E-state index < -0.39 is 15.6 Å². The quantitative estimate of drug-likeness (QED) is 0.211. The van der Waals surface area contributed by atoms with Crippen LogP contribution in [0.3, 0.4) is 0 Å². The topological polar surface area (TPSA) is 204 Å². The largest absolute Gasteiger partial charge is 0.822 e. The lowest BCUT2D eigenvalue weighted by Crippen LogP contribution is -2.24. The molecule has 32 heavy (non-hydrogen) atoms. The average molecular weight is 507 g/mol. The van der Waals surface area contributed by atoms with E-state index in [0.29, 0.717) is 0 Å². The van der Waals surface area contributed by atoms with Gasteiger partial charge in [0.15, 0.2) is 0 Å². The summed E-state index contributed by atoms with van der Waals surface area (Å²) in [6, 6.07) is 0. The molecule has 0 atom stereocenters. The second kappa shape index (κ2) is 31.2. The van der Waals surface area contributed by atoms with Gasteiger partial charge in [-0.1, -0.05) is 137 Å². The predicted molar refractivity (Wildman–Crippen MR) is 120 cm³/mol. The Morgan fingerprint density at radius 3 is 0.594 bits per heavy atom. The fraction of sp³-hybridized carbons (Fsp3) is 1.00. The molecule has 0 aliphatic carbocycles. The van der Waals surface area contributed by atoms with Crippen molar-refractivity contribution in [3.63, 3.8) is 0 Å². The third-order valence-corrected chi connectivity index (χ3v) is 4.46. The lowest BCUT2D eigenvalue weighted by Gasteiger charge is -2.36. The van der Waals surface area contributed by atoms with Gasteiger partial charge in [-0.2, -0.15) is 15.6 Å². The highest BCUT2D eigenvalue weighted by atomic mass is 31.2. The summed E-state index contributed by atoms with van der Waals surface area (Å²) in [6.07, 6.45) is 26.4. The van der Waals surface area contributed by atoms with E-state index in [1.54, 1.807) is 0 Å². The summed E-state index contributed by atoms with van der Waals surface area (Å²) in [4.78, 5) is 51.3. The molecule has 0 spiro atoms. The average Bonchev–Trinajstić information content (AvgIpc) is 2.58. The van der Waals surface area contributed by atoms with E-state index in [1.807, 2.05) is 0 Å². The van der Waals surface area contributed by atoms with Gasteiger partial charge in [-0.05, 0) is 0 Å². The maximum Gasteiger partial charge on any atom is -0.0533 e. The fourth-order valence-electron chi connectivity index (χ4n) is 2.97. The minimum absolute atomic E-state index is 0. The Morgan fingerprint density at radius 1 is 0.406 bits per heavy atom. The minimum atomic E-state index is -5.39. The lowest BCUT2D eigenvalue weighted by atomic mass is 10.0. The maximum absolute atomic E-state index is 8.55. The second-order valence-electron chi connectivity index (χ2n) is 7.55. The van der Waals surface area contributed by atoms with Crippen molar-refractivity contribution in [2.24, 2.45) is 0 Å². The molecule has 0 aliphatic heterocycles. The SMILES string of the molecule is C.CCCCCCCCCCCCCCCCCCCC.O.O=P([O-])([O-])[O-].O=P([O-])([O-])[O-]. The monoisotopic (exact) mass is 506 g/mol. The Labute approximate surface area is 196 Å². The van der Waals surface area contributed by atoms with E-state index >= 15 is 0 Å². The molecular weight excluding hydrogens is 458 g/mol. The zero-order chi connectivity index (χ0) is 23.7. The number of hydrogen-bond acceptors (Lipinski definition) is 8. The van der Waals surface area contributed by atoms with Crippen LogP contribution in [0.1, 0.15) is 137 Å². The van der Waals surface area contributed by atoms with Crippen molar-refractivity contribution in [3.8, 4) is 0 Å². The van der Waals surface area contributed by atoms with Crippen molar-refractivity contribution < 1.29 is 44.0 Å². The molecule has 202 valence electrons. The highest BCUT2D eigenvalue weighted by molar-refractivity contribution is 7.40. The van der Waals surface area contributed by atoms with Crippen LogP contribution >= 0.6 is 15.6 Å². The van der Waals surface area contributed by atoms with Gasteiger partial charge in [0.1, 0.15) is 0 Å². The lowest BCUT2D eigenvalue weighted by molar-refractivity contribution is -0.434. The molecule has 0 fully saturated rings. The highest BCUT2D eigenvalue weighted by Gasteiger charge is 1.94. The smallest absolute Gasteiger partial charge is 0.0533 e. The fourth-order valence-corrected chi connectivity index (χ4v) is 2.97. The molecule has 0 amide bonds. The molecule has 0 aromatic heterocycles. The minimum Gasteiger partial charge on any atom is -0.822 e. The van der Waals surface area contributed by atoms with Gasteiger partial charge in [-0.3, -0.25) is 0 Å². The van der Waals surface area contributed by atoms with E-state index in [0.717, 1.165) is 0 Å². The molecular formula is C21H48O9P2-6.